The first-order chi connectivity index (χ1) is 12.0. The summed E-state index contributed by atoms with van der Waals surface area (Å²) < 4.78 is 62.4. The number of carbonyl (C=O) groups is 1. The van der Waals surface area contributed by atoms with Crippen molar-refractivity contribution in [1.82, 2.24) is 15.5 Å². The molecule has 0 saturated heterocycles. The number of H-pyrrole nitrogens is 1. The highest BCUT2D eigenvalue weighted by atomic mass is 32.2. The highest BCUT2D eigenvalue weighted by Gasteiger charge is 2.44. The van der Waals surface area contributed by atoms with Crippen LogP contribution < -0.4 is 5.32 Å². The summed E-state index contributed by atoms with van der Waals surface area (Å²) in [7, 11) is -3.33. The first-order valence-corrected chi connectivity index (χ1v) is 10.5. The van der Waals surface area contributed by atoms with E-state index in [0.29, 0.717) is 31.4 Å². The molecule has 1 fully saturated rings. The number of rotatable bonds is 4. The smallest absolute Gasteiger partial charge is 0.354 e. The van der Waals surface area contributed by atoms with E-state index in [0.717, 1.165) is 12.8 Å². The van der Waals surface area contributed by atoms with Crippen molar-refractivity contribution in [3.8, 4) is 0 Å². The number of aromatic nitrogens is 2. The first-order valence-electron chi connectivity index (χ1n) is 8.64. The van der Waals surface area contributed by atoms with Crippen molar-refractivity contribution < 1.29 is 26.4 Å². The minimum absolute atomic E-state index is 0.0194. The van der Waals surface area contributed by atoms with Gasteiger partial charge in [-0.25, -0.2) is 8.42 Å². The summed E-state index contributed by atoms with van der Waals surface area (Å²) in [6.45, 7) is 0.0194. The van der Waals surface area contributed by atoms with Gasteiger partial charge in [0.25, 0.3) is 0 Å². The monoisotopic (exact) mass is 393 g/mol. The molecule has 1 amide bonds. The molecule has 26 heavy (non-hydrogen) atoms. The van der Waals surface area contributed by atoms with Gasteiger partial charge in [0.1, 0.15) is 0 Å². The zero-order valence-corrected chi connectivity index (χ0v) is 15.3. The van der Waals surface area contributed by atoms with E-state index >= 15 is 0 Å². The number of carbonyl (C=O) groups excluding carboxylic acids is 1. The Morgan fingerprint density at radius 2 is 2.00 bits per heavy atom. The third-order valence-corrected chi connectivity index (χ3v) is 7.80. The maximum Gasteiger partial charge on any atom is 0.435 e. The molecule has 2 aliphatic carbocycles. The Bertz CT molecular complexity index is 795. The molecule has 146 valence electrons. The van der Waals surface area contributed by atoms with Crippen molar-refractivity contribution >= 4 is 15.7 Å². The standard InChI is InChI=1S/C16H22F3N3O3S/c1-26(24,25)15(6-2-3-7-15)9-20-14(23)10-4-5-12-11(8-10)13(22-21-12)16(17,18)19/h10H,2-9H2,1H3,(H,20,23)(H,21,22). The zero-order valence-electron chi connectivity index (χ0n) is 14.4. The van der Waals surface area contributed by atoms with E-state index in [2.05, 4.69) is 15.5 Å². The fourth-order valence-corrected chi connectivity index (χ4v) is 5.41. The number of amides is 1. The highest BCUT2D eigenvalue weighted by molar-refractivity contribution is 7.92. The largest absolute Gasteiger partial charge is 0.435 e. The van der Waals surface area contributed by atoms with Crippen molar-refractivity contribution in [1.29, 1.82) is 0 Å². The summed E-state index contributed by atoms with van der Waals surface area (Å²) in [5, 5.41) is 8.46. The minimum Gasteiger partial charge on any atom is -0.354 e. The summed E-state index contributed by atoms with van der Waals surface area (Å²) in [5.74, 6) is -1.00. The van der Waals surface area contributed by atoms with Crippen molar-refractivity contribution in [3.05, 3.63) is 17.0 Å². The van der Waals surface area contributed by atoms with Gasteiger partial charge in [0, 0.05) is 30.0 Å². The highest BCUT2D eigenvalue weighted by Crippen LogP contribution is 2.37. The Labute approximate surface area is 149 Å². The van der Waals surface area contributed by atoms with Crippen LogP contribution in [0.2, 0.25) is 0 Å². The second-order valence-corrected chi connectivity index (χ2v) is 9.76. The van der Waals surface area contributed by atoms with Gasteiger partial charge in [0.15, 0.2) is 15.5 Å². The quantitative estimate of drug-likeness (QED) is 0.819. The van der Waals surface area contributed by atoms with E-state index in [1.807, 2.05) is 0 Å². The molecule has 1 atom stereocenters. The second kappa shape index (κ2) is 6.54. The van der Waals surface area contributed by atoms with Crippen LogP contribution in [-0.4, -0.2) is 42.1 Å². The number of hydrogen-bond acceptors (Lipinski definition) is 4. The molecule has 0 aromatic carbocycles. The molecule has 10 heteroatoms. The maximum atomic E-state index is 13.0. The number of hydrogen-bond donors (Lipinski definition) is 2. The van der Waals surface area contributed by atoms with Gasteiger partial charge < -0.3 is 5.32 Å². The Hall–Kier alpha value is -1.58. The number of halogens is 3. The predicted molar refractivity (Wildman–Crippen MR) is 88.2 cm³/mol. The molecule has 1 unspecified atom stereocenters. The van der Waals surface area contributed by atoms with Crippen molar-refractivity contribution in [3.63, 3.8) is 0 Å². The molecule has 0 spiro atoms. The van der Waals surface area contributed by atoms with Gasteiger partial charge in [-0.3, -0.25) is 9.89 Å². The molecule has 6 nitrogen and oxygen atoms in total. The van der Waals surface area contributed by atoms with Crippen LogP contribution in [-0.2, 0) is 33.6 Å². The van der Waals surface area contributed by atoms with Crippen LogP contribution in [0.25, 0.3) is 0 Å². The molecule has 1 heterocycles. The molecule has 1 saturated carbocycles. The summed E-state index contributed by atoms with van der Waals surface area (Å²) in [4.78, 5) is 12.5. The van der Waals surface area contributed by atoms with Crippen LogP contribution >= 0.6 is 0 Å². The zero-order chi connectivity index (χ0) is 19.2. The summed E-state index contributed by atoms with van der Waals surface area (Å²) in [5.41, 5.74) is -0.499. The lowest BCUT2D eigenvalue weighted by atomic mass is 9.85. The number of sulfone groups is 1. The van der Waals surface area contributed by atoms with Gasteiger partial charge >= 0.3 is 6.18 Å². The van der Waals surface area contributed by atoms with Crippen molar-refractivity contribution in [2.75, 3.05) is 12.8 Å². The van der Waals surface area contributed by atoms with Gasteiger partial charge in [-0.05, 0) is 32.1 Å². The molecule has 1 aromatic rings. The number of alkyl halides is 3. The SMILES string of the molecule is CS(=O)(=O)C1(CNC(=O)C2CCc3[nH]nc(C(F)(F)F)c3C2)CCCC1. The molecule has 0 bridgehead atoms. The van der Waals surface area contributed by atoms with Gasteiger partial charge in [-0.1, -0.05) is 12.8 Å². The lowest BCUT2D eigenvalue weighted by Crippen LogP contribution is -2.48. The van der Waals surface area contributed by atoms with Gasteiger partial charge in [-0.2, -0.15) is 18.3 Å². The molecular weight excluding hydrogens is 371 g/mol. The van der Waals surface area contributed by atoms with E-state index in [1.54, 1.807) is 0 Å². The third-order valence-electron chi connectivity index (χ3n) is 5.67. The van der Waals surface area contributed by atoms with Crippen LogP contribution in [0.1, 0.15) is 49.1 Å². The van der Waals surface area contributed by atoms with Crippen LogP contribution in [0.3, 0.4) is 0 Å². The summed E-state index contributed by atoms with van der Waals surface area (Å²) in [6.07, 6.45) is -0.122. The minimum atomic E-state index is -4.56. The predicted octanol–water partition coefficient (Wildman–Crippen LogP) is 2.01. The number of nitrogens with zero attached hydrogens (tertiary/aromatic N) is 1. The summed E-state index contributed by atoms with van der Waals surface area (Å²) >= 11 is 0. The molecule has 0 aliphatic heterocycles. The van der Waals surface area contributed by atoms with E-state index in [9.17, 15) is 26.4 Å². The average molecular weight is 393 g/mol. The van der Waals surface area contributed by atoms with E-state index in [-0.39, 0.29) is 24.4 Å². The number of nitrogens with one attached hydrogen (secondary N) is 2. The van der Waals surface area contributed by atoms with E-state index in [1.165, 1.54) is 6.26 Å². The molecule has 1 aromatic heterocycles. The van der Waals surface area contributed by atoms with Gasteiger partial charge in [-0.15, -0.1) is 0 Å². The van der Waals surface area contributed by atoms with Crippen LogP contribution in [0.15, 0.2) is 0 Å². The van der Waals surface area contributed by atoms with Crippen molar-refractivity contribution in [2.24, 2.45) is 5.92 Å². The fourth-order valence-electron chi connectivity index (χ4n) is 4.04. The average Bonchev–Trinajstić information content (AvgIpc) is 3.18. The van der Waals surface area contributed by atoms with E-state index < -0.39 is 32.4 Å². The lowest BCUT2D eigenvalue weighted by Gasteiger charge is -2.29. The lowest BCUT2D eigenvalue weighted by molar-refractivity contribution is -0.142. The first kappa shape index (κ1) is 19.2. The molecule has 0 radical (unpaired) electrons. The Morgan fingerprint density at radius 1 is 1.35 bits per heavy atom. The second-order valence-electron chi connectivity index (χ2n) is 7.35. The third kappa shape index (κ3) is 3.47. The summed E-state index contributed by atoms with van der Waals surface area (Å²) in [6, 6.07) is 0. The number of aryl methyl sites for hydroxylation is 1. The van der Waals surface area contributed by atoms with Crippen molar-refractivity contribution in [2.45, 2.75) is 55.9 Å². The molecule has 2 N–H and O–H groups in total. The van der Waals surface area contributed by atoms with E-state index in [4.69, 9.17) is 0 Å². The number of aromatic amines is 1. The van der Waals surface area contributed by atoms with Gasteiger partial charge in [0.05, 0.1) is 4.75 Å². The Kier molecular flexibility index (Phi) is 4.83. The fraction of sp³-hybridized carbons (Fsp3) is 0.750. The topological polar surface area (TPSA) is 91.9 Å². The van der Waals surface area contributed by atoms with Crippen LogP contribution in [0.4, 0.5) is 13.2 Å². The molecule has 2 aliphatic rings. The Morgan fingerprint density at radius 3 is 2.58 bits per heavy atom. The molecular formula is C16H22F3N3O3S. The van der Waals surface area contributed by atoms with Crippen LogP contribution in [0.5, 0.6) is 0 Å². The van der Waals surface area contributed by atoms with Gasteiger partial charge in [0.2, 0.25) is 5.91 Å². The maximum absolute atomic E-state index is 13.0. The normalized spacial score (nSPS) is 22.8. The van der Waals surface area contributed by atoms with Crippen LogP contribution in [0, 0.1) is 5.92 Å². The molecule has 3 rings (SSSR count). The Balaban J connectivity index is 1.69. The number of fused-ring (bicyclic) bond motifs is 1.